The lowest BCUT2D eigenvalue weighted by atomic mass is 9.97. The summed E-state index contributed by atoms with van der Waals surface area (Å²) in [6, 6.07) is 22.5. The van der Waals surface area contributed by atoms with Gasteiger partial charge in [0.15, 0.2) is 5.78 Å². The van der Waals surface area contributed by atoms with Crippen LogP contribution < -0.4 is 10.6 Å². The highest BCUT2D eigenvalue weighted by Gasteiger charge is 2.30. The second kappa shape index (κ2) is 11.2. The normalized spacial score (nSPS) is 14.2. The van der Waals surface area contributed by atoms with Gasteiger partial charge in [-0.05, 0) is 59.3 Å². The summed E-state index contributed by atoms with van der Waals surface area (Å²) < 4.78 is 0. The van der Waals surface area contributed by atoms with E-state index in [0.29, 0.717) is 39.5 Å². The quantitative estimate of drug-likeness (QED) is 0.187. The first kappa shape index (κ1) is 25.7. The number of nitrogens with zero attached hydrogens (tertiary/aromatic N) is 1. The Morgan fingerprint density at radius 1 is 0.974 bits per heavy atom. The number of fused-ring (bicyclic) bond motifs is 1. The van der Waals surface area contributed by atoms with Gasteiger partial charge in [-0.3, -0.25) is 24.2 Å². The molecule has 2 heterocycles. The molecule has 0 saturated carbocycles. The van der Waals surface area contributed by atoms with E-state index in [9.17, 15) is 19.2 Å². The van der Waals surface area contributed by atoms with Crippen molar-refractivity contribution in [3.05, 3.63) is 111 Å². The third kappa shape index (κ3) is 6.00. The number of ketones is 1. The van der Waals surface area contributed by atoms with E-state index in [1.807, 2.05) is 17.5 Å². The molecule has 3 N–H and O–H groups in total. The first-order valence-corrected chi connectivity index (χ1v) is 13.0. The largest absolute Gasteiger partial charge is 0.481 e. The molecule has 2 amide bonds. The van der Waals surface area contributed by atoms with Crippen molar-refractivity contribution in [3.8, 4) is 0 Å². The Morgan fingerprint density at radius 3 is 2.51 bits per heavy atom. The number of hydrogen-bond donors (Lipinski definition) is 3. The van der Waals surface area contributed by atoms with Crippen molar-refractivity contribution in [1.29, 1.82) is 0 Å². The fraction of sp³-hybridized carbons (Fsp3) is 0.100. The van der Waals surface area contributed by atoms with E-state index < -0.39 is 11.9 Å². The number of thiophene rings is 1. The number of carbonyl (C=O) groups excluding carboxylic acids is 3. The predicted molar refractivity (Wildman–Crippen MR) is 151 cm³/mol. The van der Waals surface area contributed by atoms with Crippen molar-refractivity contribution < 1.29 is 24.3 Å². The minimum Gasteiger partial charge on any atom is -0.481 e. The van der Waals surface area contributed by atoms with Crippen LogP contribution in [0.1, 0.15) is 49.1 Å². The van der Waals surface area contributed by atoms with Crippen LogP contribution in [-0.4, -0.2) is 34.9 Å². The highest BCUT2D eigenvalue weighted by atomic mass is 32.1. The highest BCUT2D eigenvalue weighted by molar-refractivity contribution is 7.12. The molecule has 194 valence electrons. The van der Waals surface area contributed by atoms with E-state index >= 15 is 0 Å². The Labute approximate surface area is 228 Å². The highest BCUT2D eigenvalue weighted by Crippen LogP contribution is 2.33. The van der Waals surface area contributed by atoms with E-state index in [-0.39, 0.29) is 24.0 Å². The number of rotatable bonds is 9. The maximum Gasteiger partial charge on any atom is 0.303 e. The smallest absolute Gasteiger partial charge is 0.303 e. The fourth-order valence-electron chi connectivity index (χ4n) is 4.24. The number of benzene rings is 3. The third-order valence-corrected chi connectivity index (χ3v) is 7.12. The second-order valence-electron chi connectivity index (χ2n) is 8.95. The van der Waals surface area contributed by atoms with Crippen molar-refractivity contribution in [1.82, 2.24) is 0 Å². The van der Waals surface area contributed by atoms with Crippen LogP contribution in [0.5, 0.6) is 0 Å². The molecular weight excluding hydrogens is 514 g/mol. The molecule has 0 fully saturated rings. The maximum atomic E-state index is 13.2. The molecule has 0 aliphatic carbocycles. The number of aryl methyl sites for hydroxylation is 1. The van der Waals surface area contributed by atoms with E-state index in [1.54, 1.807) is 72.9 Å². The number of carbonyl (C=O) groups is 4. The summed E-state index contributed by atoms with van der Waals surface area (Å²) in [7, 11) is 0. The number of aliphatic imine (C=N–C) groups is 1. The Balaban J connectivity index is 1.28. The molecule has 3 aromatic carbocycles. The molecule has 9 heteroatoms. The summed E-state index contributed by atoms with van der Waals surface area (Å²) >= 11 is 1.33. The van der Waals surface area contributed by atoms with E-state index in [4.69, 9.17) is 5.11 Å². The van der Waals surface area contributed by atoms with Gasteiger partial charge in [0.2, 0.25) is 5.91 Å². The van der Waals surface area contributed by atoms with Gasteiger partial charge in [-0.15, -0.1) is 11.3 Å². The molecule has 39 heavy (non-hydrogen) atoms. The minimum atomic E-state index is -0.847. The van der Waals surface area contributed by atoms with Crippen LogP contribution in [0.25, 0.3) is 0 Å². The Bertz CT molecular complexity index is 1590. The van der Waals surface area contributed by atoms with Crippen LogP contribution in [0.3, 0.4) is 0 Å². The molecule has 5 rings (SSSR count). The topological polar surface area (TPSA) is 125 Å². The van der Waals surface area contributed by atoms with Crippen LogP contribution in [0, 0.1) is 0 Å². The molecule has 0 bridgehead atoms. The average Bonchev–Trinajstić information content (AvgIpc) is 3.58. The summed E-state index contributed by atoms with van der Waals surface area (Å²) in [5, 5.41) is 16.3. The molecular formula is C30H23N3O5S. The van der Waals surface area contributed by atoms with Crippen LogP contribution in [0.4, 0.5) is 17.1 Å². The van der Waals surface area contributed by atoms with E-state index in [1.165, 1.54) is 11.3 Å². The predicted octanol–water partition coefficient (Wildman–Crippen LogP) is 5.69. The zero-order chi connectivity index (χ0) is 27.4. The zero-order valence-electron chi connectivity index (χ0n) is 20.6. The van der Waals surface area contributed by atoms with Crippen LogP contribution in [0.15, 0.2) is 89.2 Å². The molecule has 4 aromatic rings. The second-order valence-corrected chi connectivity index (χ2v) is 9.90. The summed E-state index contributed by atoms with van der Waals surface area (Å²) in [5.41, 5.74) is 4.14. The van der Waals surface area contributed by atoms with Crippen molar-refractivity contribution >= 4 is 58.2 Å². The lowest BCUT2D eigenvalue weighted by Crippen LogP contribution is -2.12. The molecule has 1 aliphatic heterocycles. The van der Waals surface area contributed by atoms with Crippen molar-refractivity contribution in [2.24, 2.45) is 4.99 Å². The lowest BCUT2D eigenvalue weighted by molar-refractivity contribution is -0.137. The number of carboxylic acids is 1. The Morgan fingerprint density at radius 2 is 1.77 bits per heavy atom. The van der Waals surface area contributed by atoms with Crippen LogP contribution in [0.2, 0.25) is 0 Å². The van der Waals surface area contributed by atoms with Crippen molar-refractivity contribution in [2.75, 3.05) is 10.6 Å². The standard InChI is InChI=1S/C30H23N3O5S/c34-27(35)13-8-18-6-10-21(11-7-18)31-17-24-23-12-9-20(16-25(23)33-29(24)37)28(36)19-3-1-4-22(15-19)32-30(38)26-5-2-14-39-26/h1-7,9-12,14-17,24H,8,13H2,(H,32,38)(H,33,37)(H,34,35). The minimum absolute atomic E-state index is 0.0593. The molecule has 0 saturated heterocycles. The number of hydrogen-bond acceptors (Lipinski definition) is 6. The van der Waals surface area contributed by atoms with Gasteiger partial charge in [0.25, 0.3) is 5.91 Å². The Kier molecular flexibility index (Phi) is 7.42. The monoisotopic (exact) mass is 537 g/mol. The summed E-state index contributed by atoms with van der Waals surface area (Å²) in [6.07, 6.45) is 2.06. The van der Waals surface area contributed by atoms with Gasteiger partial charge in [-0.1, -0.05) is 42.5 Å². The third-order valence-electron chi connectivity index (χ3n) is 6.26. The van der Waals surface area contributed by atoms with Gasteiger partial charge in [0, 0.05) is 35.1 Å². The lowest BCUT2D eigenvalue weighted by Gasteiger charge is -2.08. The van der Waals surface area contributed by atoms with Crippen molar-refractivity contribution in [2.45, 2.75) is 18.8 Å². The van der Waals surface area contributed by atoms with Crippen molar-refractivity contribution in [3.63, 3.8) is 0 Å². The summed E-state index contributed by atoms with van der Waals surface area (Å²) in [5.74, 6) is -2.17. The molecule has 0 spiro atoms. The number of anilines is 2. The van der Waals surface area contributed by atoms with Crippen LogP contribution in [-0.2, 0) is 16.0 Å². The SMILES string of the molecule is O=C(O)CCc1ccc(N=CC2C(=O)Nc3cc(C(=O)c4cccc(NC(=O)c5cccs5)c4)ccc32)cc1. The van der Waals surface area contributed by atoms with Gasteiger partial charge < -0.3 is 15.7 Å². The van der Waals surface area contributed by atoms with Gasteiger partial charge in [0.05, 0.1) is 10.6 Å². The number of amides is 2. The number of nitrogens with one attached hydrogen (secondary N) is 2. The first-order chi connectivity index (χ1) is 18.9. The first-order valence-electron chi connectivity index (χ1n) is 12.2. The summed E-state index contributed by atoms with van der Waals surface area (Å²) in [6.45, 7) is 0. The number of carboxylic acid groups (broad SMARTS) is 1. The molecule has 0 radical (unpaired) electrons. The van der Waals surface area contributed by atoms with Crippen LogP contribution >= 0.6 is 11.3 Å². The van der Waals surface area contributed by atoms with E-state index in [2.05, 4.69) is 15.6 Å². The molecule has 1 unspecified atom stereocenters. The molecule has 8 nitrogen and oxygen atoms in total. The zero-order valence-corrected chi connectivity index (χ0v) is 21.4. The molecule has 1 aliphatic rings. The summed E-state index contributed by atoms with van der Waals surface area (Å²) in [4.78, 5) is 54.0. The van der Waals surface area contributed by atoms with Gasteiger partial charge >= 0.3 is 5.97 Å². The van der Waals surface area contributed by atoms with Gasteiger partial charge in [0.1, 0.15) is 5.92 Å². The van der Waals surface area contributed by atoms with E-state index in [0.717, 1.165) is 11.1 Å². The molecule has 1 atom stereocenters. The average molecular weight is 538 g/mol. The fourth-order valence-corrected chi connectivity index (χ4v) is 4.86. The van der Waals surface area contributed by atoms with Gasteiger partial charge in [-0.2, -0.15) is 0 Å². The Hall–Kier alpha value is -4.89. The number of aliphatic carboxylic acids is 1. The van der Waals surface area contributed by atoms with Gasteiger partial charge in [-0.25, -0.2) is 0 Å². The molecule has 1 aromatic heterocycles. The maximum absolute atomic E-state index is 13.2.